The molecular formula is C30H32N2O3. The van der Waals surface area contributed by atoms with Gasteiger partial charge in [0.1, 0.15) is 12.4 Å². The van der Waals surface area contributed by atoms with Gasteiger partial charge in [0.05, 0.1) is 11.8 Å². The Morgan fingerprint density at radius 3 is 2.40 bits per heavy atom. The summed E-state index contributed by atoms with van der Waals surface area (Å²) in [4.78, 5) is 29.4. The van der Waals surface area contributed by atoms with Crippen molar-refractivity contribution in [3.8, 4) is 0 Å². The maximum atomic E-state index is 13.7. The number of nitrogens with one attached hydrogen (secondary N) is 1. The van der Waals surface area contributed by atoms with E-state index in [9.17, 15) is 9.59 Å². The van der Waals surface area contributed by atoms with Crippen LogP contribution in [0, 0.1) is 0 Å². The SMILES string of the molecule is C=C/C=C(\C=C1/CC(C(=O)N[C@@H](CC)c2ccccc2)=C(CC)C(c2ccccc2)=N1)OCC=O. The van der Waals surface area contributed by atoms with E-state index in [1.165, 1.54) is 0 Å². The highest BCUT2D eigenvalue weighted by Gasteiger charge is 2.26. The average Bonchev–Trinajstić information content (AvgIpc) is 2.90. The van der Waals surface area contributed by atoms with Crippen molar-refractivity contribution in [3.63, 3.8) is 0 Å². The Hall–Kier alpha value is -3.99. The lowest BCUT2D eigenvalue weighted by atomic mass is 9.89. The maximum absolute atomic E-state index is 13.7. The predicted octanol–water partition coefficient (Wildman–Crippen LogP) is 6.02. The van der Waals surface area contributed by atoms with E-state index in [1.54, 1.807) is 18.2 Å². The Balaban J connectivity index is 2.04. The van der Waals surface area contributed by atoms with Crippen LogP contribution in [-0.4, -0.2) is 24.5 Å². The van der Waals surface area contributed by atoms with Crippen molar-refractivity contribution in [1.82, 2.24) is 5.32 Å². The fourth-order valence-electron chi connectivity index (χ4n) is 4.10. The van der Waals surface area contributed by atoms with E-state index < -0.39 is 0 Å². The number of benzene rings is 2. The molecule has 2 aromatic carbocycles. The quantitative estimate of drug-likeness (QED) is 0.249. The lowest BCUT2D eigenvalue weighted by molar-refractivity contribution is -0.118. The van der Waals surface area contributed by atoms with Gasteiger partial charge in [0.25, 0.3) is 0 Å². The molecule has 0 aromatic heterocycles. The van der Waals surface area contributed by atoms with E-state index in [1.807, 2.05) is 67.6 Å². The molecule has 1 aliphatic rings. The van der Waals surface area contributed by atoms with Gasteiger partial charge in [-0.2, -0.15) is 0 Å². The summed E-state index contributed by atoms with van der Waals surface area (Å²) in [5, 5.41) is 3.23. The van der Waals surface area contributed by atoms with Crippen molar-refractivity contribution < 1.29 is 14.3 Å². The van der Waals surface area contributed by atoms with E-state index in [2.05, 4.69) is 18.8 Å². The van der Waals surface area contributed by atoms with E-state index in [4.69, 9.17) is 9.73 Å². The minimum atomic E-state index is -0.102. The van der Waals surface area contributed by atoms with Crippen LogP contribution >= 0.6 is 0 Å². The molecule has 0 fully saturated rings. The molecule has 5 nitrogen and oxygen atoms in total. The zero-order valence-electron chi connectivity index (χ0n) is 20.4. The van der Waals surface area contributed by atoms with Crippen molar-refractivity contribution in [3.05, 3.63) is 119 Å². The highest BCUT2D eigenvalue weighted by molar-refractivity contribution is 6.18. The first-order valence-electron chi connectivity index (χ1n) is 11.9. The topological polar surface area (TPSA) is 67.8 Å². The van der Waals surface area contributed by atoms with Gasteiger partial charge in [-0.15, -0.1) is 0 Å². The number of hydrogen-bond donors (Lipinski definition) is 1. The van der Waals surface area contributed by atoms with Gasteiger partial charge in [-0.25, -0.2) is 0 Å². The number of dihydropyridines is 1. The number of ether oxygens (including phenoxy) is 1. The maximum Gasteiger partial charge on any atom is 0.248 e. The largest absolute Gasteiger partial charge is 0.486 e. The summed E-state index contributed by atoms with van der Waals surface area (Å²) < 4.78 is 5.52. The number of amides is 1. The van der Waals surface area contributed by atoms with Crippen LogP contribution in [0.3, 0.4) is 0 Å². The highest BCUT2D eigenvalue weighted by atomic mass is 16.5. The summed E-state index contributed by atoms with van der Waals surface area (Å²) >= 11 is 0. The van der Waals surface area contributed by atoms with Crippen molar-refractivity contribution in [2.45, 2.75) is 39.2 Å². The van der Waals surface area contributed by atoms with E-state index >= 15 is 0 Å². The molecule has 0 bridgehead atoms. The smallest absolute Gasteiger partial charge is 0.248 e. The van der Waals surface area contributed by atoms with Crippen LogP contribution in [0.5, 0.6) is 0 Å². The number of aldehydes is 1. The molecule has 2 aromatic rings. The Labute approximate surface area is 207 Å². The van der Waals surface area contributed by atoms with Gasteiger partial charge in [-0.05, 0) is 30.1 Å². The van der Waals surface area contributed by atoms with Crippen LogP contribution in [-0.2, 0) is 14.3 Å². The molecule has 35 heavy (non-hydrogen) atoms. The summed E-state index contributed by atoms with van der Waals surface area (Å²) in [7, 11) is 0. The average molecular weight is 469 g/mol. The standard InChI is InChI=1S/C30H32N2O3/c1-4-13-25(35-19-18-33)20-24-21-27(26(5-2)29(31-24)23-16-11-8-12-17-23)30(34)32-28(6-3)22-14-9-7-10-15-22/h4,7-18,20,28H,1,5-6,19,21H2,2-3H3,(H,32,34)/b24-20+,25-13+/t28-/m0/s1. The number of hydrogen-bond acceptors (Lipinski definition) is 4. The molecule has 0 saturated carbocycles. The molecule has 1 aliphatic heterocycles. The van der Waals surface area contributed by atoms with Gasteiger partial charge in [0.15, 0.2) is 6.29 Å². The number of nitrogens with zero attached hydrogens (tertiary/aromatic N) is 1. The van der Waals surface area contributed by atoms with Crippen LogP contribution in [0.15, 0.2) is 113 Å². The lowest BCUT2D eigenvalue weighted by Crippen LogP contribution is -2.32. The summed E-state index contributed by atoms with van der Waals surface area (Å²) in [5.41, 5.74) is 5.09. The normalized spacial score (nSPS) is 15.9. The van der Waals surface area contributed by atoms with Gasteiger partial charge < -0.3 is 10.1 Å². The third-order valence-corrected chi connectivity index (χ3v) is 5.76. The molecule has 180 valence electrons. The lowest BCUT2D eigenvalue weighted by Gasteiger charge is -2.24. The molecule has 0 saturated heterocycles. The molecule has 1 N–H and O–H groups in total. The Morgan fingerprint density at radius 1 is 1.11 bits per heavy atom. The highest BCUT2D eigenvalue weighted by Crippen LogP contribution is 2.31. The number of aliphatic imine (C=N–C) groups is 1. The number of carbonyl (C=O) groups excluding carboxylic acids is 2. The first-order valence-corrected chi connectivity index (χ1v) is 11.9. The van der Waals surface area contributed by atoms with Gasteiger partial charge in [0.2, 0.25) is 5.91 Å². The summed E-state index contributed by atoms with van der Waals surface area (Å²) in [6, 6.07) is 19.8. The Morgan fingerprint density at radius 2 is 1.80 bits per heavy atom. The summed E-state index contributed by atoms with van der Waals surface area (Å²) in [6.45, 7) is 7.75. The molecule has 1 heterocycles. The molecule has 0 radical (unpaired) electrons. The van der Waals surface area contributed by atoms with Crippen molar-refractivity contribution >= 4 is 17.9 Å². The van der Waals surface area contributed by atoms with Crippen LogP contribution in [0.25, 0.3) is 0 Å². The molecule has 1 amide bonds. The van der Waals surface area contributed by atoms with E-state index in [0.717, 1.165) is 28.8 Å². The van der Waals surface area contributed by atoms with Crippen LogP contribution in [0.2, 0.25) is 0 Å². The Bertz CT molecular complexity index is 1160. The minimum absolute atomic E-state index is 0.0721. The molecular weight excluding hydrogens is 436 g/mol. The van der Waals surface area contributed by atoms with Gasteiger partial charge in [0, 0.05) is 29.3 Å². The van der Waals surface area contributed by atoms with Crippen LogP contribution < -0.4 is 5.32 Å². The number of allylic oxidation sites excluding steroid dienone is 5. The third-order valence-electron chi connectivity index (χ3n) is 5.76. The van der Waals surface area contributed by atoms with Crippen molar-refractivity contribution in [1.29, 1.82) is 0 Å². The number of rotatable bonds is 11. The van der Waals surface area contributed by atoms with Crippen molar-refractivity contribution in [2.24, 2.45) is 4.99 Å². The first kappa shape index (κ1) is 25.6. The molecule has 5 heteroatoms. The fourth-order valence-corrected chi connectivity index (χ4v) is 4.10. The zero-order valence-corrected chi connectivity index (χ0v) is 20.4. The molecule has 3 rings (SSSR count). The second kappa shape index (κ2) is 13.0. The Kier molecular flexibility index (Phi) is 9.55. The third kappa shape index (κ3) is 6.76. The van der Waals surface area contributed by atoms with E-state index in [-0.39, 0.29) is 18.6 Å². The van der Waals surface area contributed by atoms with E-state index in [0.29, 0.717) is 36.2 Å². The molecule has 1 atom stereocenters. The second-order valence-corrected chi connectivity index (χ2v) is 8.08. The zero-order chi connectivity index (χ0) is 25.0. The fraction of sp³-hybridized carbons (Fsp3) is 0.233. The predicted molar refractivity (Wildman–Crippen MR) is 141 cm³/mol. The monoisotopic (exact) mass is 468 g/mol. The minimum Gasteiger partial charge on any atom is -0.486 e. The molecule has 0 unspecified atom stereocenters. The molecule has 0 spiro atoms. The van der Waals surface area contributed by atoms with Crippen LogP contribution in [0.4, 0.5) is 0 Å². The van der Waals surface area contributed by atoms with Gasteiger partial charge in [-0.3, -0.25) is 14.6 Å². The van der Waals surface area contributed by atoms with Gasteiger partial charge in [-0.1, -0.05) is 87.2 Å². The van der Waals surface area contributed by atoms with Gasteiger partial charge >= 0.3 is 0 Å². The summed E-state index contributed by atoms with van der Waals surface area (Å²) in [5.74, 6) is 0.364. The molecule has 0 aliphatic carbocycles. The summed E-state index contributed by atoms with van der Waals surface area (Å²) in [6.07, 6.45) is 7.53. The first-order chi connectivity index (χ1) is 17.1. The van der Waals surface area contributed by atoms with Crippen molar-refractivity contribution in [2.75, 3.05) is 6.61 Å². The van der Waals surface area contributed by atoms with Crippen LogP contribution in [0.1, 0.15) is 50.3 Å². The number of carbonyl (C=O) groups is 2. The second-order valence-electron chi connectivity index (χ2n) is 8.08.